The van der Waals surface area contributed by atoms with Crippen molar-refractivity contribution >= 4 is 9.76 Å². The first-order chi connectivity index (χ1) is 1.91. The molecule has 0 fully saturated rings. The van der Waals surface area contributed by atoms with Gasteiger partial charge in [-0.05, 0) is 0 Å². The molecule has 0 atom stereocenters. The van der Waals surface area contributed by atoms with Crippen LogP contribution in [0.15, 0.2) is 0 Å². The van der Waals surface area contributed by atoms with Crippen molar-refractivity contribution in [3.63, 3.8) is 0 Å². The highest BCUT2D eigenvalue weighted by Crippen LogP contribution is 1.47. The Morgan fingerprint density at radius 2 is 1.12 bits per heavy atom. The van der Waals surface area contributed by atoms with Crippen LogP contribution in [-0.2, 0) is 4.43 Å². The molecule has 0 heterocycles. The Labute approximate surface area is 58.4 Å². The van der Waals surface area contributed by atoms with Gasteiger partial charge in [0.15, 0.2) is 9.76 Å². The maximum absolute atomic E-state index is 4.68. The predicted molar refractivity (Wildman–Crippen MR) is 48.3 cm³/mol. The normalized spacial score (nSPS) is 5.25. The fourth-order valence-electron chi connectivity index (χ4n) is 0. The molecular formula is C6H24OSi. The van der Waals surface area contributed by atoms with Crippen LogP contribution in [0.3, 0.4) is 0 Å². The summed E-state index contributed by atoms with van der Waals surface area (Å²) >= 11 is 0. The zero-order valence-corrected chi connectivity index (χ0v) is 4.53. The average molecular weight is 140 g/mol. The Kier molecular flexibility index (Phi) is 301. The quantitative estimate of drug-likeness (QED) is 0.508. The van der Waals surface area contributed by atoms with Gasteiger partial charge < -0.3 is 4.43 Å². The third-order valence-corrected chi connectivity index (χ3v) is 0.866. The van der Waals surface area contributed by atoms with E-state index in [1.165, 1.54) is 0 Å². The van der Waals surface area contributed by atoms with Crippen LogP contribution in [0.5, 0.6) is 0 Å². The second-order valence-electron chi connectivity index (χ2n) is 0.577. The summed E-state index contributed by atoms with van der Waals surface area (Å²) in [7, 11) is 1.67. The molecule has 2 heteroatoms. The van der Waals surface area contributed by atoms with Crippen LogP contribution in [-0.4, -0.2) is 16.9 Å². The van der Waals surface area contributed by atoms with Gasteiger partial charge in [0.2, 0.25) is 0 Å². The second-order valence-corrected chi connectivity index (χ2v) is 1.73. The van der Waals surface area contributed by atoms with Crippen molar-refractivity contribution in [2.24, 2.45) is 0 Å². The van der Waals surface area contributed by atoms with Crippen molar-refractivity contribution in [2.45, 2.75) is 36.3 Å². The van der Waals surface area contributed by atoms with Gasteiger partial charge in [0.1, 0.15) is 0 Å². The summed E-state index contributed by atoms with van der Waals surface area (Å²) in [6.45, 7) is 2.10. The Hall–Kier alpha value is 0.177. The monoisotopic (exact) mass is 140 g/mol. The second kappa shape index (κ2) is 57.8. The largest absolute Gasteiger partial charge is 0.427 e. The molecule has 0 aliphatic heterocycles. The van der Waals surface area contributed by atoms with E-state index in [0.29, 0.717) is 0 Å². The molecule has 58 valence electrons. The van der Waals surface area contributed by atoms with E-state index in [9.17, 15) is 0 Å². The van der Waals surface area contributed by atoms with Gasteiger partial charge in [0.05, 0.1) is 0 Å². The molecule has 0 N–H and O–H groups in total. The number of hydrogen-bond donors (Lipinski definition) is 0. The minimum atomic E-state index is -0.0756. The highest BCUT2D eigenvalue weighted by atomic mass is 28.2. The molecule has 0 unspecified atom stereocenters. The van der Waals surface area contributed by atoms with E-state index in [4.69, 9.17) is 0 Å². The maximum atomic E-state index is 4.68. The third-order valence-electron chi connectivity index (χ3n) is 0.289. The molecule has 0 aromatic carbocycles. The van der Waals surface area contributed by atoms with Crippen LogP contribution < -0.4 is 0 Å². The van der Waals surface area contributed by atoms with Crippen LogP contribution in [0.25, 0.3) is 0 Å². The first-order valence-corrected chi connectivity index (χ1v) is 3.40. The van der Waals surface area contributed by atoms with E-state index in [1.54, 1.807) is 7.11 Å². The smallest absolute Gasteiger partial charge is 0.157 e. The Morgan fingerprint density at radius 3 is 1.12 bits per heavy atom. The van der Waals surface area contributed by atoms with Crippen molar-refractivity contribution in [1.82, 2.24) is 0 Å². The molecule has 8 heavy (non-hydrogen) atoms. The molecule has 0 saturated carbocycles. The molecule has 0 spiro atoms. The molecule has 0 aromatic heterocycles. The van der Waals surface area contributed by atoms with Crippen LogP contribution in [0, 0.1) is 0 Å². The van der Waals surface area contributed by atoms with Gasteiger partial charge in [-0.3, -0.25) is 0 Å². The van der Waals surface area contributed by atoms with Gasteiger partial charge in [0.25, 0.3) is 0 Å². The van der Waals surface area contributed by atoms with Crippen molar-refractivity contribution in [2.75, 3.05) is 7.11 Å². The van der Waals surface area contributed by atoms with Gasteiger partial charge in [-0.1, -0.05) is 36.3 Å². The average Bonchev–Trinajstić information content (AvgIpc) is 1.37. The van der Waals surface area contributed by atoms with Gasteiger partial charge in [-0.2, -0.15) is 0 Å². The summed E-state index contributed by atoms with van der Waals surface area (Å²) < 4.78 is 4.68. The molecule has 0 aliphatic rings. The van der Waals surface area contributed by atoms with Crippen LogP contribution in [0.1, 0.15) is 29.7 Å². The summed E-state index contributed by atoms with van der Waals surface area (Å²) in [6.07, 6.45) is 0. The molecule has 0 bridgehead atoms. The van der Waals surface area contributed by atoms with E-state index in [0.717, 1.165) is 0 Å². The van der Waals surface area contributed by atoms with Crippen molar-refractivity contribution in [3.8, 4) is 0 Å². The molecule has 0 amide bonds. The third kappa shape index (κ3) is 120. The summed E-state index contributed by atoms with van der Waals surface area (Å²) in [6, 6.07) is 0. The standard InChI is InChI=1S/C2H8OSi.4CH4/c1-3-4-2;;;;/h4H2,1-2H3;4*1H4. The van der Waals surface area contributed by atoms with E-state index >= 15 is 0 Å². The van der Waals surface area contributed by atoms with Crippen molar-refractivity contribution < 1.29 is 4.43 Å². The first kappa shape index (κ1) is 41.7. The maximum Gasteiger partial charge on any atom is 0.157 e. The lowest BCUT2D eigenvalue weighted by molar-refractivity contribution is 0.446. The lowest BCUT2D eigenvalue weighted by Crippen LogP contribution is -1.79. The van der Waals surface area contributed by atoms with E-state index in [1.807, 2.05) is 0 Å². The van der Waals surface area contributed by atoms with Crippen LogP contribution in [0.4, 0.5) is 0 Å². The van der Waals surface area contributed by atoms with Gasteiger partial charge in [0, 0.05) is 7.11 Å². The molecule has 0 radical (unpaired) electrons. The Bertz CT molecular complexity index is 10.5. The SMILES string of the molecule is C.C.C.C.CO[SiH2]C. The van der Waals surface area contributed by atoms with Gasteiger partial charge in [-0.25, -0.2) is 0 Å². The molecule has 0 rings (SSSR count). The van der Waals surface area contributed by atoms with Gasteiger partial charge >= 0.3 is 0 Å². The minimum Gasteiger partial charge on any atom is -0.427 e. The van der Waals surface area contributed by atoms with E-state index in [-0.39, 0.29) is 39.5 Å². The lowest BCUT2D eigenvalue weighted by Gasteiger charge is -1.75. The topological polar surface area (TPSA) is 9.23 Å². The fraction of sp³-hybridized carbons (Fsp3) is 1.00. The van der Waals surface area contributed by atoms with Crippen LogP contribution >= 0.6 is 0 Å². The lowest BCUT2D eigenvalue weighted by atomic mass is 11.8. The fourth-order valence-corrected chi connectivity index (χ4v) is 0. The Morgan fingerprint density at radius 1 is 1.00 bits per heavy atom. The van der Waals surface area contributed by atoms with Crippen LogP contribution in [0.2, 0.25) is 6.55 Å². The first-order valence-electron chi connectivity index (χ1n) is 1.40. The zero-order valence-electron chi connectivity index (χ0n) is 3.12. The van der Waals surface area contributed by atoms with Crippen molar-refractivity contribution in [1.29, 1.82) is 0 Å². The summed E-state index contributed by atoms with van der Waals surface area (Å²) in [4.78, 5) is 0. The predicted octanol–water partition coefficient (Wildman–Crippen LogP) is 2.31. The highest BCUT2D eigenvalue weighted by Gasteiger charge is 1.55. The Balaban J connectivity index is -0.00000000750. The molecule has 0 saturated heterocycles. The summed E-state index contributed by atoms with van der Waals surface area (Å²) in [5.41, 5.74) is 0. The minimum absolute atomic E-state index is 0. The number of hydrogen-bond acceptors (Lipinski definition) is 1. The molecule has 0 aliphatic carbocycles. The van der Waals surface area contributed by atoms with Crippen molar-refractivity contribution in [3.05, 3.63) is 0 Å². The van der Waals surface area contributed by atoms with Gasteiger partial charge in [-0.15, -0.1) is 0 Å². The molecular weight excluding hydrogens is 116 g/mol. The molecule has 0 aromatic rings. The zero-order chi connectivity index (χ0) is 3.41. The summed E-state index contributed by atoms with van der Waals surface area (Å²) in [5, 5.41) is 0. The summed E-state index contributed by atoms with van der Waals surface area (Å²) in [5.74, 6) is 0. The van der Waals surface area contributed by atoms with E-state index < -0.39 is 0 Å². The van der Waals surface area contributed by atoms with E-state index in [2.05, 4.69) is 11.0 Å². The number of rotatable bonds is 1. The highest BCUT2D eigenvalue weighted by molar-refractivity contribution is 6.24. The molecule has 1 nitrogen and oxygen atoms in total.